The molecule has 1 fully saturated rings. The third kappa shape index (κ3) is 5.31. The molecule has 0 bridgehead atoms. The van der Waals surface area contributed by atoms with Crippen LogP contribution in [0.5, 0.6) is 0 Å². The van der Waals surface area contributed by atoms with Crippen molar-refractivity contribution in [2.45, 2.75) is 80.1 Å². The molecule has 0 amide bonds. The molecule has 2 atom stereocenters. The second-order valence-electron chi connectivity index (χ2n) is 10.0. The molecular formula is C22H35NO2. The molecule has 1 saturated heterocycles. The Morgan fingerprint density at radius 3 is 2.16 bits per heavy atom. The first-order chi connectivity index (χ1) is 11.4. The first-order valence-corrected chi connectivity index (χ1v) is 9.31. The summed E-state index contributed by atoms with van der Waals surface area (Å²) in [6, 6.07) is 10.2. The number of rotatable bonds is 3. The van der Waals surface area contributed by atoms with E-state index in [1.54, 1.807) is 0 Å². The molecule has 3 nitrogen and oxygen atoms in total. The summed E-state index contributed by atoms with van der Waals surface area (Å²) in [6.07, 6.45) is 0.909. The Morgan fingerprint density at radius 2 is 1.64 bits per heavy atom. The minimum Gasteiger partial charge on any atom is -0.391 e. The smallest absolute Gasteiger partial charge is 0.142 e. The van der Waals surface area contributed by atoms with Gasteiger partial charge in [0, 0.05) is 12.3 Å². The van der Waals surface area contributed by atoms with E-state index in [4.69, 9.17) is 9.57 Å². The van der Waals surface area contributed by atoms with Crippen molar-refractivity contribution < 1.29 is 9.57 Å². The van der Waals surface area contributed by atoms with Gasteiger partial charge in [-0.05, 0) is 30.2 Å². The van der Waals surface area contributed by atoms with E-state index in [0.717, 1.165) is 17.7 Å². The van der Waals surface area contributed by atoms with E-state index in [-0.39, 0.29) is 28.5 Å². The number of hydrogen-bond donors (Lipinski definition) is 0. The molecule has 1 aliphatic rings. The summed E-state index contributed by atoms with van der Waals surface area (Å²) in [6.45, 7) is 18.4. The third-order valence-corrected chi connectivity index (χ3v) is 4.76. The van der Waals surface area contributed by atoms with Gasteiger partial charge in [0.05, 0.1) is 17.4 Å². The van der Waals surface area contributed by atoms with E-state index in [1.807, 2.05) is 18.2 Å². The summed E-state index contributed by atoms with van der Waals surface area (Å²) < 4.78 is 6.54. The van der Waals surface area contributed by atoms with Gasteiger partial charge in [-0.1, -0.05) is 77.0 Å². The molecule has 140 valence electrons. The van der Waals surface area contributed by atoms with Crippen LogP contribution in [0.4, 0.5) is 0 Å². The Bertz CT molecular complexity index is 591. The second kappa shape index (κ2) is 7.11. The van der Waals surface area contributed by atoms with Gasteiger partial charge in [-0.2, -0.15) is 0 Å². The molecule has 1 aromatic carbocycles. The van der Waals surface area contributed by atoms with Crippen molar-refractivity contribution in [3.63, 3.8) is 0 Å². The molecule has 0 aromatic heterocycles. The average Bonchev–Trinajstić information content (AvgIpc) is 2.44. The van der Waals surface area contributed by atoms with Gasteiger partial charge >= 0.3 is 0 Å². The van der Waals surface area contributed by atoms with Crippen LogP contribution in [0.3, 0.4) is 0 Å². The highest BCUT2D eigenvalue weighted by Gasteiger charge is 2.49. The lowest BCUT2D eigenvalue weighted by molar-refractivity contribution is -0.155. The van der Waals surface area contributed by atoms with Crippen molar-refractivity contribution >= 4 is 5.71 Å². The molecule has 0 spiro atoms. The van der Waals surface area contributed by atoms with Gasteiger partial charge in [-0.25, -0.2) is 0 Å². The summed E-state index contributed by atoms with van der Waals surface area (Å²) in [7, 11) is 0. The molecular weight excluding hydrogens is 310 g/mol. The average molecular weight is 346 g/mol. The van der Waals surface area contributed by atoms with Crippen LogP contribution in [-0.2, 0) is 16.2 Å². The van der Waals surface area contributed by atoms with E-state index < -0.39 is 0 Å². The minimum absolute atomic E-state index is 0.0375. The minimum atomic E-state index is -0.228. The maximum absolute atomic E-state index is 6.54. The van der Waals surface area contributed by atoms with E-state index in [9.17, 15) is 0 Å². The predicted octanol–water partition coefficient (Wildman–Crippen LogP) is 5.84. The molecule has 2 unspecified atom stereocenters. The second-order valence-corrected chi connectivity index (χ2v) is 10.0. The van der Waals surface area contributed by atoms with E-state index in [1.165, 1.54) is 0 Å². The maximum Gasteiger partial charge on any atom is 0.142 e. The molecule has 1 heterocycles. The van der Waals surface area contributed by atoms with Crippen molar-refractivity contribution in [3.8, 4) is 0 Å². The number of ether oxygens (including phenoxy) is 1. The van der Waals surface area contributed by atoms with Gasteiger partial charge < -0.3 is 9.57 Å². The van der Waals surface area contributed by atoms with Crippen LogP contribution in [0.2, 0.25) is 0 Å². The van der Waals surface area contributed by atoms with Crippen LogP contribution in [-0.4, -0.2) is 17.4 Å². The van der Waals surface area contributed by atoms with Gasteiger partial charge in [-0.3, -0.25) is 0 Å². The molecule has 0 aliphatic carbocycles. The fourth-order valence-electron chi connectivity index (χ4n) is 3.66. The highest BCUT2D eigenvalue weighted by atomic mass is 16.6. The van der Waals surface area contributed by atoms with Crippen LogP contribution in [0.1, 0.15) is 67.4 Å². The number of nitrogens with zero attached hydrogens (tertiary/aromatic N) is 1. The van der Waals surface area contributed by atoms with Crippen molar-refractivity contribution in [2.24, 2.45) is 21.9 Å². The molecule has 25 heavy (non-hydrogen) atoms. The van der Waals surface area contributed by atoms with E-state index in [2.05, 4.69) is 72.7 Å². The van der Waals surface area contributed by atoms with Crippen LogP contribution in [0, 0.1) is 16.7 Å². The molecule has 0 saturated carbocycles. The third-order valence-electron chi connectivity index (χ3n) is 4.76. The lowest BCUT2D eigenvalue weighted by Crippen LogP contribution is -2.55. The van der Waals surface area contributed by atoms with E-state index in [0.29, 0.717) is 6.61 Å². The van der Waals surface area contributed by atoms with Gasteiger partial charge in [-0.15, -0.1) is 0 Å². The van der Waals surface area contributed by atoms with Crippen molar-refractivity contribution in [3.05, 3.63) is 35.9 Å². The summed E-state index contributed by atoms with van der Waals surface area (Å²) in [4.78, 5) is 5.77. The zero-order valence-electron chi connectivity index (χ0n) is 17.2. The van der Waals surface area contributed by atoms with Gasteiger partial charge in [0.15, 0.2) is 0 Å². The summed E-state index contributed by atoms with van der Waals surface area (Å²) in [5, 5.41) is 4.62. The normalized spacial score (nSPS) is 25.8. The maximum atomic E-state index is 6.54. The SMILES string of the molecule is CC1(C)C/C(=N/OCc2ccccc2)C(C(C)(C)C)C(C(C)(C)C)O1. The molecule has 2 rings (SSSR count). The largest absolute Gasteiger partial charge is 0.391 e. The quantitative estimate of drug-likeness (QED) is 0.645. The van der Waals surface area contributed by atoms with Crippen molar-refractivity contribution in [1.82, 2.24) is 0 Å². The molecule has 0 radical (unpaired) electrons. The first kappa shape index (κ1) is 20.0. The molecule has 0 N–H and O–H groups in total. The summed E-state index contributed by atoms with van der Waals surface area (Å²) >= 11 is 0. The topological polar surface area (TPSA) is 30.8 Å². The number of oxime groups is 1. The van der Waals surface area contributed by atoms with Crippen LogP contribution < -0.4 is 0 Å². The molecule has 1 aliphatic heterocycles. The Morgan fingerprint density at radius 1 is 1.04 bits per heavy atom. The number of benzene rings is 1. The Balaban J connectivity index is 2.28. The Kier molecular flexibility index (Phi) is 5.68. The lowest BCUT2D eigenvalue weighted by Gasteiger charge is -2.51. The highest BCUT2D eigenvalue weighted by Crippen LogP contribution is 2.46. The van der Waals surface area contributed by atoms with Gasteiger partial charge in [0.1, 0.15) is 6.61 Å². The summed E-state index contributed by atoms with van der Waals surface area (Å²) in [5.41, 5.74) is 2.13. The lowest BCUT2D eigenvalue weighted by atomic mass is 9.64. The van der Waals surface area contributed by atoms with Crippen LogP contribution >= 0.6 is 0 Å². The van der Waals surface area contributed by atoms with Crippen LogP contribution in [0.15, 0.2) is 35.5 Å². The van der Waals surface area contributed by atoms with Gasteiger partial charge in [0.25, 0.3) is 0 Å². The fraction of sp³-hybridized carbons (Fsp3) is 0.682. The highest BCUT2D eigenvalue weighted by molar-refractivity contribution is 5.89. The van der Waals surface area contributed by atoms with Crippen molar-refractivity contribution in [1.29, 1.82) is 0 Å². The molecule has 3 heteroatoms. The van der Waals surface area contributed by atoms with Crippen LogP contribution in [0.25, 0.3) is 0 Å². The zero-order valence-corrected chi connectivity index (χ0v) is 17.2. The number of hydrogen-bond acceptors (Lipinski definition) is 3. The zero-order chi connectivity index (χ0) is 18.9. The molecule has 1 aromatic rings. The van der Waals surface area contributed by atoms with E-state index >= 15 is 0 Å². The predicted molar refractivity (Wildman–Crippen MR) is 105 cm³/mol. The Hall–Kier alpha value is -1.35. The van der Waals surface area contributed by atoms with Crippen molar-refractivity contribution in [2.75, 3.05) is 0 Å². The van der Waals surface area contributed by atoms with Gasteiger partial charge in [0.2, 0.25) is 0 Å². The standard InChI is InChI=1S/C22H35NO2/c1-20(2,3)18-17(23-24-15-16-12-10-9-11-13-16)14-22(7,8)25-19(18)21(4,5)6/h9-13,18-19H,14-15H2,1-8H3/b23-17-. The summed E-state index contributed by atoms with van der Waals surface area (Å²) in [5.74, 6) is 0.233. The first-order valence-electron chi connectivity index (χ1n) is 9.31. The Labute approximate surface area is 153 Å². The monoisotopic (exact) mass is 345 g/mol. The fourth-order valence-corrected chi connectivity index (χ4v) is 3.66.